The van der Waals surface area contributed by atoms with Gasteiger partial charge in [-0.25, -0.2) is 4.79 Å². The number of halogens is 1. The van der Waals surface area contributed by atoms with E-state index in [2.05, 4.69) is 48.5 Å². The van der Waals surface area contributed by atoms with Crippen molar-refractivity contribution in [2.75, 3.05) is 6.61 Å². The van der Waals surface area contributed by atoms with E-state index in [9.17, 15) is 4.79 Å². The van der Waals surface area contributed by atoms with Crippen molar-refractivity contribution in [3.8, 4) is 0 Å². The zero-order chi connectivity index (χ0) is 13.8. The molecule has 0 N–H and O–H groups in total. The highest BCUT2D eigenvalue weighted by molar-refractivity contribution is 9.09. The van der Waals surface area contributed by atoms with E-state index in [-0.39, 0.29) is 10.3 Å². The van der Waals surface area contributed by atoms with Crippen LogP contribution in [-0.4, -0.2) is 12.6 Å². The molecule has 1 aromatic rings. The topological polar surface area (TPSA) is 26.3 Å². The summed E-state index contributed by atoms with van der Waals surface area (Å²) in [7, 11) is 0. The maximum atomic E-state index is 11.3. The van der Waals surface area contributed by atoms with E-state index >= 15 is 0 Å². The first-order valence-corrected chi connectivity index (χ1v) is 6.71. The van der Waals surface area contributed by atoms with Gasteiger partial charge >= 0.3 is 5.97 Å². The Bertz CT molecular complexity index is 444. The molecule has 0 spiro atoms. The zero-order valence-corrected chi connectivity index (χ0v) is 12.7. The first-order chi connectivity index (χ1) is 8.32. The Morgan fingerprint density at radius 3 is 2.56 bits per heavy atom. The van der Waals surface area contributed by atoms with Crippen LogP contribution in [0, 0.1) is 0 Å². The van der Waals surface area contributed by atoms with Crippen LogP contribution in [-0.2, 0) is 20.3 Å². The van der Waals surface area contributed by atoms with Crippen molar-refractivity contribution in [2.45, 2.75) is 31.5 Å². The Kier molecular flexibility index (Phi) is 5.15. The van der Waals surface area contributed by atoms with E-state index in [0.717, 1.165) is 0 Å². The van der Waals surface area contributed by atoms with Crippen molar-refractivity contribution >= 4 is 21.9 Å². The minimum Gasteiger partial charge on any atom is -0.462 e. The van der Waals surface area contributed by atoms with Crippen molar-refractivity contribution in [2.24, 2.45) is 0 Å². The van der Waals surface area contributed by atoms with Crippen LogP contribution in [0.2, 0.25) is 0 Å². The second-order valence-electron chi connectivity index (χ2n) is 4.80. The molecule has 0 fully saturated rings. The lowest BCUT2D eigenvalue weighted by atomic mass is 9.95. The molecule has 0 saturated carbocycles. The number of esters is 1. The molecule has 0 atom stereocenters. The van der Waals surface area contributed by atoms with Gasteiger partial charge in [-0.2, -0.15) is 0 Å². The zero-order valence-electron chi connectivity index (χ0n) is 11.1. The van der Waals surface area contributed by atoms with Crippen molar-refractivity contribution in [3.05, 3.63) is 47.5 Å². The highest BCUT2D eigenvalue weighted by Crippen LogP contribution is 2.32. The standard InChI is InChI=1S/C15H19BrO2/c1-11(2)14(17)18-10-9-12-7-5-6-8-13(12)15(3,4)16/h5-8H,1,9-10H2,2-4H3. The molecule has 0 amide bonds. The summed E-state index contributed by atoms with van der Waals surface area (Å²) in [6.07, 6.45) is 0.713. The molecule has 0 aliphatic rings. The summed E-state index contributed by atoms with van der Waals surface area (Å²) in [6.45, 7) is 9.79. The number of ether oxygens (including phenoxy) is 1. The molecular weight excluding hydrogens is 292 g/mol. The molecule has 0 radical (unpaired) electrons. The number of carbonyl (C=O) groups is 1. The van der Waals surface area contributed by atoms with Gasteiger partial charge in [-0.15, -0.1) is 0 Å². The van der Waals surface area contributed by atoms with Gasteiger partial charge in [0.2, 0.25) is 0 Å². The van der Waals surface area contributed by atoms with Crippen LogP contribution in [0.5, 0.6) is 0 Å². The minimum absolute atomic E-state index is 0.0814. The summed E-state index contributed by atoms with van der Waals surface area (Å²) in [5.74, 6) is -0.328. The number of hydrogen-bond donors (Lipinski definition) is 0. The van der Waals surface area contributed by atoms with Crippen LogP contribution < -0.4 is 0 Å². The maximum absolute atomic E-state index is 11.3. The normalized spacial score (nSPS) is 11.1. The quantitative estimate of drug-likeness (QED) is 0.467. The van der Waals surface area contributed by atoms with Crippen LogP contribution >= 0.6 is 15.9 Å². The lowest BCUT2D eigenvalue weighted by Gasteiger charge is -2.21. The van der Waals surface area contributed by atoms with E-state index in [1.54, 1.807) is 6.92 Å². The Labute approximate surface area is 117 Å². The van der Waals surface area contributed by atoms with E-state index in [1.807, 2.05) is 12.1 Å². The molecular formula is C15H19BrO2. The Balaban J connectivity index is 2.68. The second-order valence-corrected chi connectivity index (χ2v) is 6.78. The lowest BCUT2D eigenvalue weighted by molar-refractivity contribution is -0.138. The molecule has 0 unspecified atom stereocenters. The smallest absolute Gasteiger partial charge is 0.333 e. The van der Waals surface area contributed by atoms with Gasteiger partial charge < -0.3 is 4.74 Å². The van der Waals surface area contributed by atoms with E-state index in [4.69, 9.17) is 4.74 Å². The highest BCUT2D eigenvalue weighted by atomic mass is 79.9. The van der Waals surface area contributed by atoms with Gasteiger partial charge in [-0.05, 0) is 31.9 Å². The number of rotatable bonds is 5. The summed E-state index contributed by atoms with van der Waals surface area (Å²) in [4.78, 5) is 11.3. The third-order valence-electron chi connectivity index (χ3n) is 2.61. The Morgan fingerprint density at radius 1 is 1.39 bits per heavy atom. The summed E-state index contributed by atoms with van der Waals surface area (Å²) >= 11 is 3.66. The number of alkyl halides is 1. The summed E-state index contributed by atoms with van der Waals surface area (Å²) in [5.41, 5.74) is 2.84. The molecule has 0 bridgehead atoms. The maximum Gasteiger partial charge on any atom is 0.333 e. The Hall–Kier alpha value is -1.09. The Morgan fingerprint density at radius 2 is 2.00 bits per heavy atom. The van der Waals surface area contributed by atoms with Crippen molar-refractivity contribution in [1.29, 1.82) is 0 Å². The monoisotopic (exact) mass is 310 g/mol. The number of hydrogen-bond acceptors (Lipinski definition) is 2. The highest BCUT2D eigenvalue weighted by Gasteiger charge is 2.19. The molecule has 3 heteroatoms. The van der Waals surface area contributed by atoms with Crippen LogP contribution in [0.25, 0.3) is 0 Å². The average molecular weight is 311 g/mol. The van der Waals surface area contributed by atoms with Gasteiger partial charge in [0.1, 0.15) is 0 Å². The molecule has 0 heterocycles. The van der Waals surface area contributed by atoms with Gasteiger partial charge in [0, 0.05) is 16.3 Å². The van der Waals surface area contributed by atoms with E-state index in [0.29, 0.717) is 18.6 Å². The molecule has 18 heavy (non-hydrogen) atoms. The van der Waals surface area contributed by atoms with Crippen molar-refractivity contribution in [1.82, 2.24) is 0 Å². The van der Waals surface area contributed by atoms with Gasteiger partial charge in [0.15, 0.2) is 0 Å². The fourth-order valence-electron chi connectivity index (χ4n) is 1.70. The molecule has 0 saturated heterocycles. The molecule has 0 aromatic heterocycles. The summed E-state index contributed by atoms with van der Waals surface area (Å²) in [5, 5.41) is 0. The van der Waals surface area contributed by atoms with Crippen LogP contribution in [0.1, 0.15) is 31.9 Å². The van der Waals surface area contributed by atoms with Gasteiger partial charge in [-0.1, -0.05) is 46.8 Å². The van der Waals surface area contributed by atoms with Gasteiger partial charge in [-0.3, -0.25) is 0 Å². The second kappa shape index (κ2) is 6.19. The van der Waals surface area contributed by atoms with E-state index in [1.165, 1.54) is 11.1 Å². The van der Waals surface area contributed by atoms with Gasteiger partial charge in [0.25, 0.3) is 0 Å². The fraction of sp³-hybridized carbons (Fsp3) is 0.400. The summed E-state index contributed by atoms with van der Waals surface area (Å²) < 4.78 is 5.04. The van der Waals surface area contributed by atoms with Crippen molar-refractivity contribution in [3.63, 3.8) is 0 Å². The first-order valence-electron chi connectivity index (χ1n) is 5.92. The molecule has 98 valence electrons. The molecule has 1 rings (SSSR count). The molecule has 0 aliphatic heterocycles. The number of carbonyl (C=O) groups excluding carboxylic acids is 1. The average Bonchev–Trinajstić information content (AvgIpc) is 2.28. The predicted molar refractivity (Wildman–Crippen MR) is 77.9 cm³/mol. The largest absolute Gasteiger partial charge is 0.462 e. The third-order valence-corrected chi connectivity index (χ3v) is 3.04. The molecule has 1 aromatic carbocycles. The van der Waals surface area contributed by atoms with E-state index < -0.39 is 0 Å². The first kappa shape index (κ1) is 15.0. The fourth-order valence-corrected chi connectivity index (χ4v) is 2.08. The SMILES string of the molecule is C=C(C)C(=O)OCCc1ccccc1C(C)(C)Br. The molecule has 0 aliphatic carbocycles. The van der Waals surface area contributed by atoms with Crippen LogP contribution in [0.15, 0.2) is 36.4 Å². The molecule has 2 nitrogen and oxygen atoms in total. The van der Waals surface area contributed by atoms with Crippen LogP contribution in [0.4, 0.5) is 0 Å². The lowest BCUT2D eigenvalue weighted by Crippen LogP contribution is -2.13. The van der Waals surface area contributed by atoms with Gasteiger partial charge in [0.05, 0.1) is 6.61 Å². The third kappa shape index (κ3) is 4.30. The summed E-state index contributed by atoms with van der Waals surface area (Å²) in [6, 6.07) is 8.16. The van der Waals surface area contributed by atoms with Crippen LogP contribution in [0.3, 0.4) is 0 Å². The van der Waals surface area contributed by atoms with Crippen molar-refractivity contribution < 1.29 is 9.53 Å². The minimum atomic E-state index is -0.328. The number of benzene rings is 1. The predicted octanol–water partition coefficient (Wildman–Crippen LogP) is 3.98.